The van der Waals surface area contributed by atoms with Crippen LogP contribution < -0.4 is 139 Å². The van der Waals surface area contributed by atoms with Gasteiger partial charge in [0.1, 0.15) is 5.60 Å². The zero-order valence-electron chi connectivity index (χ0n) is 14.8. The summed E-state index contributed by atoms with van der Waals surface area (Å²) in [7, 11) is -4.64. The van der Waals surface area contributed by atoms with Crippen LogP contribution in [-0.2, 0) is 23.7 Å². The van der Waals surface area contributed by atoms with Crippen LogP contribution in [0.2, 0.25) is 0 Å². The zero-order valence-corrected chi connectivity index (χ0v) is 23.7. The molecule has 13 nitrogen and oxygen atoms in total. The molecule has 0 radical (unpaired) electrons. The number of hydrogen-bond donors (Lipinski definition) is 4. The maximum Gasteiger partial charge on any atom is 1.00 e. The summed E-state index contributed by atoms with van der Waals surface area (Å²) in [6.45, 7) is 0.972. The molecular formula is C8H11Na4O13P. The Balaban J connectivity index is -0.0000000475. The monoisotopic (exact) mass is 438 g/mol. The van der Waals surface area contributed by atoms with Gasteiger partial charge < -0.3 is 59.4 Å². The quantitative estimate of drug-likeness (QED) is 0.230. The molecule has 0 aromatic heterocycles. The first-order chi connectivity index (χ1) is 9.51. The smallest absolute Gasteiger partial charge is 0.550 e. The fraction of sp³-hybridized carbons (Fsp3) is 0.500. The summed E-state index contributed by atoms with van der Waals surface area (Å²) in [4.78, 5) is 60.5. The molecule has 0 fully saturated rings. The Bertz CT molecular complexity index is 437. The van der Waals surface area contributed by atoms with Crippen molar-refractivity contribution in [3.05, 3.63) is 0 Å². The Morgan fingerprint density at radius 1 is 0.808 bits per heavy atom. The van der Waals surface area contributed by atoms with Crippen molar-refractivity contribution >= 4 is 31.7 Å². The summed E-state index contributed by atoms with van der Waals surface area (Å²) in [5.41, 5.74) is -2.97. The van der Waals surface area contributed by atoms with E-state index in [1.54, 1.807) is 0 Å². The molecule has 0 amide bonds. The molecule has 0 saturated heterocycles. The predicted molar refractivity (Wildman–Crippen MR) is 54.1 cm³/mol. The zero-order chi connectivity index (χ0) is 18.7. The molecule has 0 aromatic carbocycles. The number of aliphatic hydroxyl groups is 1. The van der Waals surface area contributed by atoms with Gasteiger partial charge in [-0.05, 0) is 6.92 Å². The number of aliphatic carboxylic acids is 4. The molecule has 0 spiro atoms. The van der Waals surface area contributed by atoms with Gasteiger partial charge in [0.15, 0.2) is 0 Å². The van der Waals surface area contributed by atoms with Crippen LogP contribution in [0.5, 0.6) is 0 Å². The van der Waals surface area contributed by atoms with Crippen molar-refractivity contribution in [2.24, 2.45) is 0 Å². The molecule has 0 bridgehead atoms. The molecule has 18 heteroatoms. The van der Waals surface area contributed by atoms with Crippen molar-refractivity contribution in [2.45, 2.75) is 25.4 Å². The molecule has 0 aliphatic heterocycles. The van der Waals surface area contributed by atoms with Crippen molar-refractivity contribution < 1.29 is 182 Å². The van der Waals surface area contributed by atoms with Crippen LogP contribution in [0, 0.1) is 0 Å². The van der Waals surface area contributed by atoms with Gasteiger partial charge in [0.25, 0.3) is 0 Å². The number of carbonyl (C=O) groups excluding carboxylic acids is 4. The third kappa shape index (κ3) is 50.1. The summed E-state index contributed by atoms with van der Waals surface area (Å²) in [5, 5.41) is 47.8. The van der Waals surface area contributed by atoms with Gasteiger partial charge >= 0.3 is 126 Å². The Morgan fingerprint density at radius 2 is 0.962 bits per heavy atom. The van der Waals surface area contributed by atoms with E-state index in [-0.39, 0.29) is 118 Å². The molecule has 26 heavy (non-hydrogen) atoms. The fourth-order valence-corrected chi connectivity index (χ4v) is 0.684. The van der Waals surface area contributed by atoms with Crippen LogP contribution in [0.15, 0.2) is 0 Å². The number of carboxylic acid groups (broad SMARTS) is 4. The minimum absolute atomic E-state index is 0. The van der Waals surface area contributed by atoms with E-state index in [4.69, 9.17) is 34.3 Å². The maximum absolute atomic E-state index is 10.1. The Labute approximate surface area is 236 Å². The van der Waals surface area contributed by atoms with E-state index in [1.165, 1.54) is 0 Å². The fourth-order valence-electron chi connectivity index (χ4n) is 0.684. The first kappa shape index (κ1) is 46.3. The molecule has 4 N–H and O–H groups in total. The molecule has 0 aromatic rings. The largest absolute Gasteiger partial charge is 1.00 e. The molecule has 0 rings (SSSR count). The number of carbonyl (C=O) groups is 4. The summed E-state index contributed by atoms with van der Waals surface area (Å²) in [5.74, 6) is -7.07. The van der Waals surface area contributed by atoms with Crippen LogP contribution in [0.1, 0.15) is 19.8 Å². The second-order valence-electron chi connectivity index (χ2n) is 3.42. The second kappa shape index (κ2) is 23.2. The summed E-state index contributed by atoms with van der Waals surface area (Å²) >= 11 is 0. The Kier molecular flexibility index (Phi) is 41.3. The van der Waals surface area contributed by atoms with Gasteiger partial charge in [-0.3, -0.25) is 0 Å². The van der Waals surface area contributed by atoms with Crippen molar-refractivity contribution in [2.75, 3.05) is 0 Å². The summed E-state index contributed by atoms with van der Waals surface area (Å²) in [6.07, 6.45) is -2.72. The first-order valence-corrected chi connectivity index (χ1v) is 6.37. The van der Waals surface area contributed by atoms with Crippen LogP contribution >= 0.6 is 7.82 Å². The first-order valence-electron chi connectivity index (χ1n) is 4.80. The third-order valence-corrected chi connectivity index (χ3v) is 1.25. The molecule has 0 aliphatic rings. The summed E-state index contributed by atoms with van der Waals surface area (Å²) < 4.78 is 8.88. The van der Waals surface area contributed by atoms with Crippen LogP contribution in [0.3, 0.4) is 0 Å². The van der Waals surface area contributed by atoms with Gasteiger partial charge in [-0.15, -0.1) is 0 Å². The van der Waals surface area contributed by atoms with Crippen molar-refractivity contribution in [3.63, 3.8) is 0 Å². The molecule has 130 valence electrons. The minimum Gasteiger partial charge on any atom is -0.550 e. The molecule has 0 saturated carbocycles. The Morgan fingerprint density at radius 3 is 1.04 bits per heavy atom. The van der Waals surface area contributed by atoms with Crippen LogP contribution in [0.4, 0.5) is 0 Å². The van der Waals surface area contributed by atoms with Crippen molar-refractivity contribution in [1.29, 1.82) is 0 Å². The van der Waals surface area contributed by atoms with E-state index < -0.39 is 50.1 Å². The molecule has 0 unspecified atom stereocenters. The Hall–Kier alpha value is 1.95. The normalized spacial score (nSPS) is 8.65. The third-order valence-electron chi connectivity index (χ3n) is 1.25. The SMILES string of the molecule is CC(=O)[O-].O=C([O-])CC(O)(CC(=O)[O-])C(=O)[O-].O=P(O)(O)O.[Na+].[Na+].[Na+].[Na+]. The second-order valence-corrected chi connectivity index (χ2v) is 4.45. The van der Waals surface area contributed by atoms with Gasteiger partial charge in [-0.1, -0.05) is 0 Å². The average molecular weight is 438 g/mol. The van der Waals surface area contributed by atoms with Crippen LogP contribution in [0.25, 0.3) is 0 Å². The number of hydrogen-bond acceptors (Lipinski definition) is 10. The molecule has 0 heterocycles. The number of phosphoric acid groups is 1. The van der Waals surface area contributed by atoms with E-state index in [0.717, 1.165) is 6.92 Å². The minimum atomic E-state index is -4.64. The van der Waals surface area contributed by atoms with Crippen molar-refractivity contribution in [1.82, 2.24) is 0 Å². The van der Waals surface area contributed by atoms with E-state index >= 15 is 0 Å². The van der Waals surface area contributed by atoms with E-state index in [9.17, 15) is 29.7 Å². The molecule has 0 atom stereocenters. The topological polar surface area (TPSA) is 259 Å². The average Bonchev–Trinajstić information content (AvgIpc) is 2.09. The van der Waals surface area contributed by atoms with E-state index in [1.807, 2.05) is 0 Å². The predicted octanol–water partition coefficient (Wildman–Crippen LogP) is -19.4. The van der Waals surface area contributed by atoms with Crippen LogP contribution in [-0.4, -0.2) is 49.3 Å². The van der Waals surface area contributed by atoms with Gasteiger partial charge in [0, 0.05) is 30.7 Å². The summed E-state index contributed by atoms with van der Waals surface area (Å²) in [6, 6.07) is 0. The van der Waals surface area contributed by atoms with E-state index in [2.05, 4.69) is 0 Å². The molecular weight excluding hydrogens is 427 g/mol. The standard InChI is InChI=1S/C6H8O7.C2H4O2.4Na.H3O4P/c7-3(8)1-6(13,5(11)12)2-4(9)10;1-2(3)4;;;;;1-5(2,3)4/h13H,1-2H2,(H,7,8)(H,9,10)(H,11,12);1H3,(H,3,4);;;;;(H3,1,2,3,4)/q;;4*+1;/p-4. The molecule has 0 aliphatic carbocycles. The van der Waals surface area contributed by atoms with Crippen molar-refractivity contribution in [3.8, 4) is 0 Å². The van der Waals surface area contributed by atoms with Gasteiger partial charge in [-0.25, -0.2) is 4.57 Å². The van der Waals surface area contributed by atoms with Gasteiger partial charge in [0.05, 0.1) is 5.97 Å². The maximum atomic E-state index is 10.1. The number of carboxylic acids is 4. The van der Waals surface area contributed by atoms with Gasteiger partial charge in [0.2, 0.25) is 0 Å². The van der Waals surface area contributed by atoms with Gasteiger partial charge in [-0.2, -0.15) is 0 Å². The number of rotatable bonds is 5. The van der Waals surface area contributed by atoms with E-state index in [0.29, 0.717) is 0 Å².